The average molecular weight is 480 g/mol. The normalized spacial score (nSPS) is 20.1. The molecular formula is C27H33N3O5. The molecule has 2 aromatic carbocycles. The Morgan fingerprint density at radius 2 is 1.74 bits per heavy atom. The van der Waals surface area contributed by atoms with Crippen LogP contribution in [0.15, 0.2) is 42.5 Å². The van der Waals surface area contributed by atoms with E-state index >= 15 is 0 Å². The van der Waals surface area contributed by atoms with E-state index in [9.17, 15) is 9.59 Å². The second-order valence-corrected chi connectivity index (χ2v) is 9.33. The highest BCUT2D eigenvalue weighted by Crippen LogP contribution is 2.38. The average Bonchev–Trinajstić information content (AvgIpc) is 3.39. The SMILES string of the molecule is COc1cccc(CC(=O)N2CCN(CC(=O)N3CCCC3c3ccc4c(c3)OCCO4)CC2)c1. The van der Waals surface area contributed by atoms with Crippen molar-refractivity contribution in [3.63, 3.8) is 0 Å². The van der Waals surface area contributed by atoms with Crippen molar-refractivity contribution in [2.24, 2.45) is 0 Å². The van der Waals surface area contributed by atoms with Crippen molar-refractivity contribution in [3.05, 3.63) is 53.6 Å². The van der Waals surface area contributed by atoms with E-state index in [1.807, 2.05) is 46.2 Å². The molecule has 1 unspecified atom stereocenters. The second kappa shape index (κ2) is 10.6. The number of rotatable bonds is 6. The number of carbonyl (C=O) groups is 2. The van der Waals surface area contributed by atoms with E-state index in [4.69, 9.17) is 14.2 Å². The fourth-order valence-electron chi connectivity index (χ4n) is 5.19. The molecule has 35 heavy (non-hydrogen) atoms. The minimum atomic E-state index is 0.0732. The fraction of sp³-hybridized carbons (Fsp3) is 0.481. The predicted octanol–water partition coefficient (Wildman–Crippen LogP) is 2.52. The van der Waals surface area contributed by atoms with E-state index in [2.05, 4.69) is 11.0 Å². The Kier molecular flexibility index (Phi) is 7.08. The third-order valence-corrected chi connectivity index (χ3v) is 7.10. The maximum atomic E-state index is 13.2. The van der Waals surface area contributed by atoms with E-state index in [1.165, 1.54) is 0 Å². The maximum absolute atomic E-state index is 13.2. The van der Waals surface area contributed by atoms with Gasteiger partial charge in [0.05, 0.1) is 26.1 Å². The first-order valence-electron chi connectivity index (χ1n) is 12.4. The second-order valence-electron chi connectivity index (χ2n) is 9.33. The smallest absolute Gasteiger partial charge is 0.237 e. The van der Waals surface area contributed by atoms with Gasteiger partial charge in [0.25, 0.3) is 0 Å². The van der Waals surface area contributed by atoms with Crippen molar-refractivity contribution in [2.45, 2.75) is 25.3 Å². The van der Waals surface area contributed by atoms with E-state index in [0.717, 1.165) is 47.8 Å². The lowest BCUT2D eigenvalue weighted by Gasteiger charge is -2.36. The lowest BCUT2D eigenvalue weighted by molar-refractivity contribution is -0.135. The van der Waals surface area contributed by atoms with Crippen molar-refractivity contribution < 1.29 is 23.8 Å². The summed E-state index contributed by atoms with van der Waals surface area (Å²) in [4.78, 5) is 32.1. The largest absolute Gasteiger partial charge is 0.497 e. The minimum absolute atomic E-state index is 0.0732. The molecule has 2 fully saturated rings. The van der Waals surface area contributed by atoms with E-state index in [0.29, 0.717) is 52.4 Å². The first kappa shape index (κ1) is 23.5. The Morgan fingerprint density at radius 3 is 2.54 bits per heavy atom. The molecule has 0 aromatic heterocycles. The third-order valence-electron chi connectivity index (χ3n) is 7.10. The van der Waals surface area contributed by atoms with Gasteiger partial charge in [-0.2, -0.15) is 0 Å². The summed E-state index contributed by atoms with van der Waals surface area (Å²) in [5.41, 5.74) is 2.05. The maximum Gasteiger partial charge on any atom is 0.237 e. The molecule has 0 radical (unpaired) electrons. The summed E-state index contributed by atoms with van der Waals surface area (Å²) in [6, 6.07) is 13.7. The number of hydrogen-bond acceptors (Lipinski definition) is 6. The molecule has 2 saturated heterocycles. The van der Waals surface area contributed by atoms with Crippen LogP contribution in [0.1, 0.15) is 30.0 Å². The Hall–Kier alpha value is -3.26. The van der Waals surface area contributed by atoms with Crippen LogP contribution in [-0.2, 0) is 16.0 Å². The molecule has 1 atom stereocenters. The third kappa shape index (κ3) is 5.37. The monoisotopic (exact) mass is 479 g/mol. The number of amides is 2. The Labute approximate surface area is 206 Å². The molecule has 3 aliphatic heterocycles. The number of ether oxygens (including phenoxy) is 3. The van der Waals surface area contributed by atoms with E-state index in [1.54, 1.807) is 7.11 Å². The lowest BCUT2D eigenvalue weighted by atomic mass is 10.0. The van der Waals surface area contributed by atoms with Crippen LogP contribution in [0.25, 0.3) is 0 Å². The van der Waals surface area contributed by atoms with Gasteiger partial charge in [-0.15, -0.1) is 0 Å². The summed E-state index contributed by atoms with van der Waals surface area (Å²) in [5, 5.41) is 0. The zero-order valence-electron chi connectivity index (χ0n) is 20.3. The highest BCUT2D eigenvalue weighted by atomic mass is 16.6. The van der Waals surface area contributed by atoms with Gasteiger partial charge >= 0.3 is 0 Å². The zero-order valence-corrected chi connectivity index (χ0v) is 20.3. The first-order valence-corrected chi connectivity index (χ1v) is 12.4. The van der Waals surface area contributed by atoms with Crippen LogP contribution < -0.4 is 14.2 Å². The number of methoxy groups -OCH3 is 1. The topological polar surface area (TPSA) is 71.6 Å². The van der Waals surface area contributed by atoms with E-state index in [-0.39, 0.29) is 17.9 Å². The first-order chi connectivity index (χ1) is 17.1. The van der Waals surface area contributed by atoms with Gasteiger partial charge in [-0.25, -0.2) is 0 Å². The van der Waals surface area contributed by atoms with Crippen molar-refractivity contribution >= 4 is 11.8 Å². The molecule has 2 aromatic rings. The summed E-state index contributed by atoms with van der Waals surface area (Å²) in [7, 11) is 1.63. The van der Waals surface area contributed by atoms with Crippen LogP contribution in [0.3, 0.4) is 0 Å². The summed E-state index contributed by atoms with van der Waals surface area (Å²) >= 11 is 0. The van der Waals surface area contributed by atoms with Crippen LogP contribution in [0, 0.1) is 0 Å². The van der Waals surface area contributed by atoms with Gasteiger partial charge in [0.2, 0.25) is 11.8 Å². The quantitative estimate of drug-likeness (QED) is 0.634. The molecule has 0 N–H and O–H groups in total. The summed E-state index contributed by atoms with van der Waals surface area (Å²) in [5.74, 6) is 2.56. The number of piperazine rings is 1. The Morgan fingerprint density at radius 1 is 0.943 bits per heavy atom. The summed E-state index contributed by atoms with van der Waals surface area (Å²) in [6.45, 7) is 4.98. The van der Waals surface area contributed by atoms with Crippen molar-refractivity contribution in [1.82, 2.24) is 14.7 Å². The molecule has 0 aliphatic carbocycles. The Bertz CT molecular complexity index is 1070. The highest BCUT2D eigenvalue weighted by Gasteiger charge is 2.32. The van der Waals surface area contributed by atoms with Gasteiger partial charge < -0.3 is 24.0 Å². The minimum Gasteiger partial charge on any atom is -0.497 e. The molecule has 5 rings (SSSR count). The standard InChI is InChI=1S/C27H33N3O5/c1-33-22-5-2-4-20(16-22)17-26(31)29-12-10-28(11-13-29)19-27(32)30-9-3-6-23(30)21-7-8-24-25(18-21)35-15-14-34-24/h2,4-5,7-8,16,18,23H,3,6,9-15,17,19H2,1H3. The van der Waals surface area contributed by atoms with Gasteiger partial charge in [0.15, 0.2) is 11.5 Å². The van der Waals surface area contributed by atoms with Crippen LogP contribution in [0.4, 0.5) is 0 Å². The molecular weight excluding hydrogens is 446 g/mol. The van der Waals surface area contributed by atoms with Crippen LogP contribution >= 0.6 is 0 Å². The molecule has 8 nitrogen and oxygen atoms in total. The number of nitrogens with zero attached hydrogens (tertiary/aromatic N) is 3. The van der Waals surface area contributed by atoms with Crippen molar-refractivity contribution in [1.29, 1.82) is 0 Å². The molecule has 3 heterocycles. The molecule has 3 aliphatic rings. The number of hydrogen-bond donors (Lipinski definition) is 0. The van der Waals surface area contributed by atoms with Gasteiger partial charge in [-0.1, -0.05) is 18.2 Å². The molecule has 186 valence electrons. The summed E-state index contributed by atoms with van der Waals surface area (Å²) < 4.78 is 16.6. The van der Waals surface area contributed by atoms with Gasteiger partial charge in [-0.05, 0) is 48.2 Å². The molecule has 0 bridgehead atoms. The lowest BCUT2D eigenvalue weighted by Crippen LogP contribution is -2.51. The van der Waals surface area contributed by atoms with Crippen LogP contribution in [-0.4, -0.2) is 86.1 Å². The number of likely N-dealkylation sites (tertiary alicyclic amines) is 1. The van der Waals surface area contributed by atoms with Gasteiger partial charge in [-0.3, -0.25) is 14.5 Å². The molecule has 8 heteroatoms. The van der Waals surface area contributed by atoms with E-state index < -0.39 is 0 Å². The van der Waals surface area contributed by atoms with Gasteiger partial charge in [0, 0.05) is 32.7 Å². The van der Waals surface area contributed by atoms with Crippen LogP contribution in [0.2, 0.25) is 0 Å². The van der Waals surface area contributed by atoms with Gasteiger partial charge in [0.1, 0.15) is 19.0 Å². The Balaban J connectivity index is 1.13. The zero-order chi connectivity index (χ0) is 24.2. The van der Waals surface area contributed by atoms with Crippen molar-refractivity contribution in [2.75, 3.05) is 59.6 Å². The number of fused-ring (bicyclic) bond motifs is 1. The van der Waals surface area contributed by atoms with Crippen LogP contribution in [0.5, 0.6) is 17.2 Å². The fourth-order valence-corrected chi connectivity index (χ4v) is 5.19. The van der Waals surface area contributed by atoms with Crippen molar-refractivity contribution in [3.8, 4) is 17.2 Å². The number of benzene rings is 2. The molecule has 0 saturated carbocycles. The highest BCUT2D eigenvalue weighted by molar-refractivity contribution is 5.80. The molecule has 0 spiro atoms. The molecule has 2 amide bonds. The number of carbonyl (C=O) groups excluding carboxylic acids is 2. The predicted molar refractivity (Wildman–Crippen MR) is 131 cm³/mol. The summed E-state index contributed by atoms with van der Waals surface area (Å²) in [6.07, 6.45) is 2.32.